The lowest BCUT2D eigenvalue weighted by atomic mass is 9.79. The summed E-state index contributed by atoms with van der Waals surface area (Å²) in [5.74, 6) is 0.664. The molecule has 0 aromatic heterocycles. The molecule has 1 rings (SSSR count). The van der Waals surface area contributed by atoms with E-state index < -0.39 is 0 Å². The second-order valence-corrected chi connectivity index (χ2v) is 6.19. The fourth-order valence-corrected chi connectivity index (χ4v) is 4.20. The van der Waals surface area contributed by atoms with Gasteiger partial charge in [-0.15, -0.1) is 0 Å². The van der Waals surface area contributed by atoms with Crippen LogP contribution in [0.1, 0.15) is 39.5 Å². The number of rotatable bonds is 8. The zero-order valence-electron chi connectivity index (χ0n) is 11.2. The van der Waals surface area contributed by atoms with Crippen molar-refractivity contribution in [3.05, 3.63) is 0 Å². The van der Waals surface area contributed by atoms with Gasteiger partial charge in [0.2, 0.25) is 5.91 Å². The summed E-state index contributed by atoms with van der Waals surface area (Å²) in [6.07, 6.45) is 4.00. The third-order valence-corrected chi connectivity index (χ3v) is 5.81. The lowest BCUT2D eigenvalue weighted by Gasteiger charge is -2.36. The van der Waals surface area contributed by atoms with Gasteiger partial charge >= 0.3 is 0 Å². The fourth-order valence-electron chi connectivity index (χ4n) is 2.20. The van der Waals surface area contributed by atoms with Gasteiger partial charge in [-0.3, -0.25) is 4.79 Å². The van der Waals surface area contributed by atoms with Gasteiger partial charge in [0.1, 0.15) is 0 Å². The Morgan fingerprint density at radius 2 is 1.94 bits per heavy atom. The topological polar surface area (TPSA) is 38.3 Å². The largest absolute Gasteiger partial charge is 0.378 e. The number of hydrogen-bond donors (Lipinski definition) is 1. The summed E-state index contributed by atoms with van der Waals surface area (Å²) in [6, 6.07) is 0. The Hall–Kier alpha value is 0.390. The smallest absolute Gasteiger partial charge is 0.220 e. The molecule has 18 heavy (non-hydrogen) atoms. The molecule has 0 saturated heterocycles. The first-order chi connectivity index (χ1) is 8.59. The Bertz CT molecular complexity index is 255. The van der Waals surface area contributed by atoms with E-state index in [4.69, 9.17) is 4.74 Å². The molecule has 1 aliphatic rings. The van der Waals surface area contributed by atoms with Gasteiger partial charge in [0.05, 0.1) is 11.6 Å². The second-order valence-electron chi connectivity index (χ2n) is 5.07. The van der Waals surface area contributed by atoms with Crippen LogP contribution in [0.4, 0.5) is 0 Å². The molecule has 0 atom stereocenters. The molecule has 106 valence electrons. The summed E-state index contributed by atoms with van der Waals surface area (Å²) < 4.78 is 5.51. The normalized spacial score (nSPS) is 23.6. The zero-order valence-corrected chi connectivity index (χ0v) is 14.3. The fraction of sp³-hybridized carbons (Fsp3) is 0.923. The number of halogens is 2. The highest BCUT2D eigenvalue weighted by molar-refractivity contribution is 9.09. The molecule has 1 N–H and O–H groups in total. The maximum absolute atomic E-state index is 12.0. The first-order valence-electron chi connectivity index (χ1n) is 6.63. The van der Waals surface area contributed by atoms with Crippen LogP contribution >= 0.6 is 31.9 Å². The first kappa shape index (κ1) is 16.4. The summed E-state index contributed by atoms with van der Waals surface area (Å²) in [6.45, 7) is 4.88. The van der Waals surface area contributed by atoms with Gasteiger partial charge in [0.25, 0.3) is 0 Å². The van der Waals surface area contributed by atoms with E-state index in [9.17, 15) is 4.79 Å². The minimum Gasteiger partial charge on any atom is -0.378 e. The van der Waals surface area contributed by atoms with Crippen LogP contribution in [0, 0.1) is 5.92 Å². The maximum atomic E-state index is 12.0. The van der Waals surface area contributed by atoms with Crippen LogP contribution in [-0.4, -0.2) is 34.8 Å². The average molecular weight is 385 g/mol. The number of hydrogen-bond acceptors (Lipinski definition) is 2. The number of carbonyl (C=O) groups excluding carboxylic acids is 1. The van der Waals surface area contributed by atoms with Crippen LogP contribution < -0.4 is 5.32 Å². The standard InChI is InChI=1S/C13H23Br2NO2/c1-3-13(8-14,9-15)16-12(17)7-10-5-11(6-10)18-4-2/h10-11H,3-9H2,1-2H3,(H,16,17). The number of alkyl halides is 2. The van der Waals surface area contributed by atoms with Crippen molar-refractivity contribution in [1.29, 1.82) is 0 Å². The molecule has 3 nitrogen and oxygen atoms in total. The summed E-state index contributed by atoms with van der Waals surface area (Å²) in [5.41, 5.74) is -0.153. The van der Waals surface area contributed by atoms with Gasteiger partial charge in [-0.25, -0.2) is 0 Å². The molecular formula is C13H23Br2NO2. The molecular weight excluding hydrogens is 362 g/mol. The highest BCUT2D eigenvalue weighted by Gasteiger charge is 2.33. The van der Waals surface area contributed by atoms with Crippen LogP contribution in [0.25, 0.3) is 0 Å². The molecule has 1 saturated carbocycles. The summed E-state index contributed by atoms with van der Waals surface area (Å²) >= 11 is 6.97. The highest BCUT2D eigenvalue weighted by Crippen LogP contribution is 2.32. The summed E-state index contributed by atoms with van der Waals surface area (Å²) in [5, 5.41) is 4.71. The van der Waals surface area contributed by atoms with Crippen molar-refractivity contribution in [2.24, 2.45) is 5.92 Å². The SMILES string of the molecule is CCOC1CC(CC(=O)NC(CC)(CBr)CBr)C1. The molecule has 0 aliphatic heterocycles. The van der Waals surface area contributed by atoms with Gasteiger partial charge in [0.15, 0.2) is 0 Å². The van der Waals surface area contributed by atoms with Crippen LogP contribution in [0.3, 0.4) is 0 Å². The van der Waals surface area contributed by atoms with Gasteiger partial charge in [-0.1, -0.05) is 38.8 Å². The molecule has 0 aromatic carbocycles. The molecule has 0 heterocycles. The molecule has 1 aliphatic carbocycles. The van der Waals surface area contributed by atoms with Crippen molar-refractivity contribution >= 4 is 37.8 Å². The van der Waals surface area contributed by atoms with Crippen LogP contribution in [0.5, 0.6) is 0 Å². The average Bonchev–Trinajstić information content (AvgIpc) is 2.34. The van der Waals surface area contributed by atoms with E-state index in [-0.39, 0.29) is 11.4 Å². The number of amides is 1. The van der Waals surface area contributed by atoms with E-state index in [1.165, 1.54) is 0 Å². The molecule has 1 fully saturated rings. The van der Waals surface area contributed by atoms with Crippen molar-refractivity contribution in [3.63, 3.8) is 0 Å². The molecule has 0 aromatic rings. The Morgan fingerprint density at radius 3 is 2.39 bits per heavy atom. The van der Waals surface area contributed by atoms with Gasteiger partial charge in [0, 0.05) is 23.7 Å². The van der Waals surface area contributed by atoms with Crippen molar-refractivity contribution in [2.45, 2.75) is 51.2 Å². The maximum Gasteiger partial charge on any atom is 0.220 e. The van der Waals surface area contributed by atoms with Crippen molar-refractivity contribution in [1.82, 2.24) is 5.32 Å². The van der Waals surface area contributed by atoms with Crippen LogP contribution in [0.2, 0.25) is 0 Å². The van der Waals surface area contributed by atoms with Crippen LogP contribution in [-0.2, 0) is 9.53 Å². The lowest BCUT2D eigenvalue weighted by Crippen LogP contribution is -2.52. The third kappa shape index (κ3) is 4.49. The molecule has 0 spiro atoms. The van der Waals surface area contributed by atoms with Crippen molar-refractivity contribution in [3.8, 4) is 0 Å². The van der Waals surface area contributed by atoms with Gasteiger partial charge in [-0.05, 0) is 32.1 Å². The number of ether oxygens (including phenoxy) is 1. The molecule has 0 radical (unpaired) electrons. The Labute approximate surface area is 127 Å². The van der Waals surface area contributed by atoms with Gasteiger partial charge in [-0.2, -0.15) is 0 Å². The number of carbonyl (C=O) groups is 1. The molecule has 5 heteroatoms. The highest BCUT2D eigenvalue weighted by atomic mass is 79.9. The monoisotopic (exact) mass is 383 g/mol. The van der Waals surface area contributed by atoms with Crippen molar-refractivity contribution in [2.75, 3.05) is 17.3 Å². The van der Waals surface area contributed by atoms with E-state index >= 15 is 0 Å². The number of nitrogens with one attached hydrogen (secondary N) is 1. The lowest BCUT2D eigenvalue weighted by molar-refractivity contribution is -0.125. The Kier molecular flexibility index (Phi) is 7.17. The Morgan fingerprint density at radius 1 is 1.33 bits per heavy atom. The van der Waals surface area contributed by atoms with Crippen LogP contribution in [0.15, 0.2) is 0 Å². The minimum atomic E-state index is -0.153. The third-order valence-electron chi connectivity index (χ3n) is 3.66. The Balaban J connectivity index is 2.30. The van der Waals surface area contributed by atoms with E-state index in [0.29, 0.717) is 18.4 Å². The quantitative estimate of drug-likeness (QED) is 0.652. The predicted molar refractivity (Wildman–Crippen MR) is 81.5 cm³/mol. The predicted octanol–water partition coefficient (Wildman–Crippen LogP) is 3.25. The summed E-state index contributed by atoms with van der Waals surface area (Å²) in [7, 11) is 0. The summed E-state index contributed by atoms with van der Waals surface area (Å²) in [4.78, 5) is 12.0. The zero-order chi connectivity index (χ0) is 13.6. The van der Waals surface area contributed by atoms with E-state index in [1.807, 2.05) is 6.92 Å². The molecule has 1 amide bonds. The van der Waals surface area contributed by atoms with Gasteiger partial charge < -0.3 is 10.1 Å². The van der Waals surface area contributed by atoms with E-state index in [2.05, 4.69) is 44.1 Å². The molecule has 0 unspecified atom stereocenters. The van der Waals surface area contributed by atoms with Crippen molar-refractivity contribution < 1.29 is 9.53 Å². The first-order valence-corrected chi connectivity index (χ1v) is 8.88. The molecule has 0 bridgehead atoms. The minimum absolute atomic E-state index is 0.153. The van der Waals surface area contributed by atoms with E-state index in [1.54, 1.807) is 0 Å². The second kappa shape index (κ2) is 7.85. The van der Waals surface area contributed by atoms with E-state index in [0.717, 1.165) is 36.5 Å².